The van der Waals surface area contributed by atoms with Crippen molar-refractivity contribution < 1.29 is 9.59 Å². The number of nitrogens with zero attached hydrogens (tertiary/aromatic N) is 3. The number of benzene rings is 2. The number of piperazine rings is 1. The van der Waals surface area contributed by atoms with Crippen LogP contribution in [0.5, 0.6) is 0 Å². The first-order valence-electron chi connectivity index (χ1n) is 8.99. The molecule has 0 atom stereocenters. The van der Waals surface area contributed by atoms with E-state index >= 15 is 0 Å². The molecule has 0 spiro atoms. The number of imidazole rings is 1. The smallest absolute Gasteiger partial charge is 0.313 e. The van der Waals surface area contributed by atoms with Crippen molar-refractivity contribution in [2.24, 2.45) is 0 Å². The van der Waals surface area contributed by atoms with Crippen LogP contribution in [0.1, 0.15) is 5.56 Å². The number of hydrogen-bond donors (Lipinski definition) is 2. The predicted molar refractivity (Wildman–Crippen MR) is 103 cm³/mol. The molecule has 2 N–H and O–H groups in total. The van der Waals surface area contributed by atoms with Gasteiger partial charge in [0.2, 0.25) is 0 Å². The highest BCUT2D eigenvalue weighted by Gasteiger charge is 2.26. The van der Waals surface area contributed by atoms with Crippen molar-refractivity contribution in [3.8, 4) is 0 Å². The molecule has 2 aromatic carbocycles. The predicted octanol–water partition coefficient (Wildman–Crippen LogP) is 1.85. The van der Waals surface area contributed by atoms with Gasteiger partial charge >= 0.3 is 11.8 Å². The number of aromatic amines is 1. The zero-order valence-electron chi connectivity index (χ0n) is 14.9. The van der Waals surface area contributed by atoms with Gasteiger partial charge in [-0.3, -0.25) is 14.5 Å². The van der Waals surface area contributed by atoms with Gasteiger partial charge in [0.05, 0.1) is 17.4 Å². The molecule has 2 amide bonds. The summed E-state index contributed by atoms with van der Waals surface area (Å²) in [6.45, 7) is 3.48. The number of anilines is 1. The average molecular weight is 363 g/mol. The van der Waals surface area contributed by atoms with E-state index in [-0.39, 0.29) is 0 Å². The Hall–Kier alpha value is -3.19. The van der Waals surface area contributed by atoms with Crippen LogP contribution in [-0.4, -0.2) is 57.8 Å². The van der Waals surface area contributed by atoms with Gasteiger partial charge < -0.3 is 15.2 Å². The van der Waals surface area contributed by atoms with Gasteiger partial charge in [-0.1, -0.05) is 30.3 Å². The molecule has 1 saturated heterocycles. The molecular weight excluding hydrogens is 342 g/mol. The van der Waals surface area contributed by atoms with Crippen LogP contribution in [0.15, 0.2) is 54.9 Å². The van der Waals surface area contributed by atoms with Gasteiger partial charge in [-0.2, -0.15) is 0 Å². The highest BCUT2D eigenvalue weighted by molar-refractivity contribution is 6.39. The van der Waals surface area contributed by atoms with E-state index in [9.17, 15) is 9.59 Å². The van der Waals surface area contributed by atoms with Crippen LogP contribution in [0, 0.1) is 0 Å². The minimum Gasteiger partial charge on any atom is -0.345 e. The van der Waals surface area contributed by atoms with Crippen molar-refractivity contribution in [3.63, 3.8) is 0 Å². The fraction of sp³-hybridized carbons (Fsp3) is 0.250. The Morgan fingerprint density at radius 2 is 1.81 bits per heavy atom. The van der Waals surface area contributed by atoms with E-state index in [1.165, 1.54) is 5.56 Å². The van der Waals surface area contributed by atoms with E-state index in [1.807, 2.05) is 18.2 Å². The summed E-state index contributed by atoms with van der Waals surface area (Å²) < 4.78 is 0. The molecule has 27 heavy (non-hydrogen) atoms. The molecule has 0 bridgehead atoms. The molecule has 4 rings (SSSR count). The topological polar surface area (TPSA) is 81.3 Å². The Morgan fingerprint density at radius 1 is 1.04 bits per heavy atom. The van der Waals surface area contributed by atoms with E-state index in [0.717, 1.165) is 30.7 Å². The van der Waals surface area contributed by atoms with Crippen LogP contribution < -0.4 is 5.32 Å². The highest BCUT2D eigenvalue weighted by Crippen LogP contribution is 2.16. The monoisotopic (exact) mass is 363 g/mol. The van der Waals surface area contributed by atoms with E-state index in [2.05, 4.69) is 32.3 Å². The number of hydrogen-bond acceptors (Lipinski definition) is 4. The summed E-state index contributed by atoms with van der Waals surface area (Å²) in [4.78, 5) is 35.8. The number of rotatable bonds is 3. The molecular formula is C20H21N5O2. The zero-order chi connectivity index (χ0) is 18.6. The van der Waals surface area contributed by atoms with Gasteiger partial charge in [-0.25, -0.2) is 4.98 Å². The lowest BCUT2D eigenvalue weighted by Crippen LogP contribution is -2.51. The quantitative estimate of drug-likeness (QED) is 0.696. The molecule has 0 saturated carbocycles. The molecule has 0 aliphatic carbocycles. The third kappa shape index (κ3) is 3.98. The number of fused-ring (bicyclic) bond motifs is 1. The van der Waals surface area contributed by atoms with Crippen LogP contribution in [0.25, 0.3) is 11.0 Å². The van der Waals surface area contributed by atoms with Gasteiger partial charge in [0.25, 0.3) is 0 Å². The lowest BCUT2D eigenvalue weighted by molar-refractivity contribution is -0.144. The summed E-state index contributed by atoms with van der Waals surface area (Å²) in [5, 5.41) is 2.68. The maximum Gasteiger partial charge on any atom is 0.313 e. The first-order chi connectivity index (χ1) is 13.2. The zero-order valence-corrected chi connectivity index (χ0v) is 14.9. The molecule has 1 aromatic heterocycles. The van der Waals surface area contributed by atoms with Crippen LogP contribution in [0.4, 0.5) is 5.69 Å². The number of amides is 2. The fourth-order valence-electron chi connectivity index (χ4n) is 3.29. The first kappa shape index (κ1) is 17.2. The SMILES string of the molecule is O=C(Nc1ccc2nc[nH]c2c1)C(=O)N1CCN(Cc2ccccc2)CC1. The molecule has 0 unspecified atom stereocenters. The third-order valence-corrected chi connectivity index (χ3v) is 4.78. The maximum atomic E-state index is 12.5. The van der Waals surface area contributed by atoms with Gasteiger partial charge in [0.15, 0.2) is 0 Å². The van der Waals surface area contributed by atoms with E-state index in [0.29, 0.717) is 18.8 Å². The summed E-state index contributed by atoms with van der Waals surface area (Å²) in [5.41, 5.74) is 3.46. The Balaban J connectivity index is 1.31. The molecule has 3 aromatic rings. The van der Waals surface area contributed by atoms with Gasteiger partial charge in [0.1, 0.15) is 0 Å². The molecule has 1 fully saturated rings. The van der Waals surface area contributed by atoms with Crippen molar-refractivity contribution in [1.29, 1.82) is 0 Å². The molecule has 0 radical (unpaired) electrons. The van der Waals surface area contributed by atoms with Crippen LogP contribution >= 0.6 is 0 Å². The van der Waals surface area contributed by atoms with Gasteiger partial charge in [-0.15, -0.1) is 0 Å². The Kier molecular flexibility index (Phi) is 4.84. The van der Waals surface area contributed by atoms with Crippen molar-refractivity contribution in [2.75, 3.05) is 31.5 Å². The maximum absolute atomic E-state index is 12.5. The summed E-state index contributed by atoms with van der Waals surface area (Å²) in [7, 11) is 0. The van der Waals surface area contributed by atoms with Crippen LogP contribution in [0.2, 0.25) is 0 Å². The first-order valence-corrected chi connectivity index (χ1v) is 8.99. The minimum atomic E-state index is -0.606. The van der Waals surface area contributed by atoms with Gasteiger partial charge in [0, 0.05) is 38.4 Å². The Labute approximate surface area is 157 Å². The molecule has 7 heteroatoms. The number of carbonyl (C=O) groups excluding carboxylic acids is 2. The molecule has 138 valence electrons. The van der Waals surface area contributed by atoms with Crippen LogP contribution in [0.3, 0.4) is 0 Å². The fourth-order valence-corrected chi connectivity index (χ4v) is 3.29. The number of aromatic nitrogens is 2. The molecule has 1 aliphatic heterocycles. The standard InChI is InChI=1S/C20H21N5O2/c26-19(23-16-6-7-17-18(12-16)22-14-21-17)20(27)25-10-8-24(9-11-25)13-15-4-2-1-3-5-15/h1-7,12,14H,8-11,13H2,(H,21,22)(H,23,26). The lowest BCUT2D eigenvalue weighted by atomic mass is 10.2. The second kappa shape index (κ2) is 7.59. The number of H-pyrrole nitrogens is 1. The third-order valence-electron chi connectivity index (χ3n) is 4.78. The largest absolute Gasteiger partial charge is 0.345 e. The lowest BCUT2D eigenvalue weighted by Gasteiger charge is -2.34. The molecule has 1 aliphatic rings. The number of nitrogens with one attached hydrogen (secondary N) is 2. The van der Waals surface area contributed by atoms with E-state index in [4.69, 9.17) is 0 Å². The van der Waals surface area contributed by atoms with Gasteiger partial charge in [-0.05, 0) is 23.8 Å². The second-order valence-electron chi connectivity index (χ2n) is 6.64. The molecule has 2 heterocycles. The summed E-state index contributed by atoms with van der Waals surface area (Å²) in [6.07, 6.45) is 1.59. The Morgan fingerprint density at radius 3 is 2.59 bits per heavy atom. The average Bonchev–Trinajstić information content (AvgIpc) is 3.16. The van der Waals surface area contributed by atoms with Crippen molar-refractivity contribution >= 4 is 28.5 Å². The minimum absolute atomic E-state index is 0.487. The Bertz CT molecular complexity index is 945. The van der Waals surface area contributed by atoms with E-state index < -0.39 is 11.8 Å². The second-order valence-corrected chi connectivity index (χ2v) is 6.64. The van der Waals surface area contributed by atoms with Crippen LogP contribution in [-0.2, 0) is 16.1 Å². The van der Waals surface area contributed by atoms with Crippen molar-refractivity contribution in [3.05, 3.63) is 60.4 Å². The van der Waals surface area contributed by atoms with E-state index in [1.54, 1.807) is 29.4 Å². The summed E-state index contributed by atoms with van der Waals surface area (Å²) in [5.74, 6) is -1.09. The normalized spacial score (nSPS) is 15.0. The summed E-state index contributed by atoms with van der Waals surface area (Å²) in [6, 6.07) is 15.6. The highest BCUT2D eigenvalue weighted by atomic mass is 16.2. The van der Waals surface area contributed by atoms with Crippen molar-refractivity contribution in [2.45, 2.75) is 6.54 Å². The molecule has 7 nitrogen and oxygen atoms in total. The summed E-state index contributed by atoms with van der Waals surface area (Å²) >= 11 is 0. The van der Waals surface area contributed by atoms with Crippen molar-refractivity contribution in [1.82, 2.24) is 19.8 Å². The number of carbonyl (C=O) groups is 2.